The molecule has 1 aliphatic carbocycles. The van der Waals surface area contributed by atoms with Gasteiger partial charge in [-0.05, 0) is 30.0 Å². The van der Waals surface area contributed by atoms with Crippen LogP contribution >= 0.6 is 11.6 Å². The fourth-order valence-corrected chi connectivity index (χ4v) is 2.99. The van der Waals surface area contributed by atoms with E-state index in [4.69, 9.17) is 16.3 Å². The van der Waals surface area contributed by atoms with Gasteiger partial charge >= 0.3 is 0 Å². The predicted octanol–water partition coefficient (Wildman–Crippen LogP) is 2.54. The first-order valence-electron chi connectivity index (χ1n) is 6.76. The molecule has 1 aliphatic rings. The van der Waals surface area contributed by atoms with Gasteiger partial charge in [-0.1, -0.05) is 23.7 Å². The highest BCUT2D eigenvalue weighted by Crippen LogP contribution is 2.39. The van der Waals surface area contributed by atoms with Crippen molar-refractivity contribution in [3.8, 4) is 5.75 Å². The minimum absolute atomic E-state index is 0.113. The second-order valence-corrected chi connectivity index (χ2v) is 5.44. The van der Waals surface area contributed by atoms with E-state index in [9.17, 15) is 4.79 Å². The Labute approximate surface area is 127 Å². The van der Waals surface area contributed by atoms with Crippen LogP contribution in [0.3, 0.4) is 0 Å². The summed E-state index contributed by atoms with van der Waals surface area (Å²) in [5.41, 5.74) is 2.67. The van der Waals surface area contributed by atoms with Crippen LogP contribution in [0.1, 0.15) is 23.6 Å². The summed E-state index contributed by atoms with van der Waals surface area (Å²) in [7, 11) is 3.26. The Bertz CT molecular complexity index is 742. The van der Waals surface area contributed by atoms with E-state index in [1.807, 2.05) is 12.1 Å². The molecule has 0 saturated heterocycles. The second-order valence-electron chi connectivity index (χ2n) is 5.06. The Hall–Kier alpha value is -2.01. The summed E-state index contributed by atoms with van der Waals surface area (Å²) in [5.74, 6) is 0.907. The van der Waals surface area contributed by atoms with Gasteiger partial charge in [0.05, 0.1) is 25.0 Å². The number of anilines is 1. The zero-order valence-corrected chi connectivity index (χ0v) is 12.6. The molecule has 1 atom stereocenters. The van der Waals surface area contributed by atoms with E-state index in [1.165, 1.54) is 15.8 Å². The molecule has 21 heavy (non-hydrogen) atoms. The smallest absolute Gasteiger partial charge is 0.287 e. The van der Waals surface area contributed by atoms with Gasteiger partial charge in [0.2, 0.25) is 0 Å². The second kappa shape index (κ2) is 5.41. The summed E-state index contributed by atoms with van der Waals surface area (Å²) in [6, 6.07) is 6.13. The van der Waals surface area contributed by atoms with Gasteiger partial charge in [-0.15, -0.1) is 0 Å². The van der Waals surface area contributed by atoms with Gasteiger partial charge in [0.15, 0.2) is 0 Å². The van der Waals surface area contributed by atoms with Crippen molar-refractivity contribution >= 4 is 17.3 Å². The molecule has 5 nitrogen and oxygen atoms in total. The molecule has 0 radical (unpaired) electrons. The molecule has 1 N–H and O–H groups in total. The van der Waals surface area contributed by atoms with Gasteiger partial charge in [-0.25, -0.2) is 4.68 Å². The minimum atomic E-state index is -0.300. The average molecular weight is 306 g/mol. The molecule has 1 heterocycles. The molecule has 0 saturated carbocycles. The number of rotatable bonds is 3. The molecule has 6 heteroatoms. The van der Waals surface area contributed by atoms with E-state index in [1.54, 1.807) is 20.4 Å². The van der Waals surface area contributed by atoms with Crippen LogP contribution in [-0.4, -0.2) is 16.9 Å². The SMILES string of the molecule is COc1cccc2c1CCC2Nc1cnn(C)c(=O)c1Cl. The standard InChI is InChI=1S/C15H16ClN3O2/c1-19-15(20)14(16)12(8-17-19)18-11-7-6-10-9(11)4-3-5-13(10)21-2/h3-5,8,11,18H,6-7H2,1-2H3. The number of nitrogens with one attached hydrogen (secondary N) is 1. The van der Waals surface area contributed by atoms with E-state index in [2.05, 4.69) is 16.5 Å². The zero-order valence-electron chi connectivity index (χ0n) is 11.9. The lowest BCUT2D eigenvalue weighted by Gasteiger charge is -2.16. The Morgan fingerprint density at radius 3 is 3.05 bits per heavy atom. The lowest BCUT2D eigenvalue weighted by Crippen LogP contribution is -2.21. The van der Waals surface area contributed by atoms with Crippen LogP contribution in [0.4, 0.5) is 5.69 Å². The molecule has 1 aromatic carbocycles. The maximum atomic E-state index is 11.8. The molecular weight excluding hydrogens is 290 g/mol. The third-order valence-electron chi connectivity index (χ3n) is 3.86. The van der Waals surface area contributed by atoms with Crippen LogP contribution < -0.4 is 15.6 Å². The van der Waals surface area contributed by atoms with Gasteiger partial charge in [-0.2, -0.15) is 5.10 Å². The third-order valence-corrected chi connectivity index (χ3v) is 4.22. The van der Waals surface area contributed by atoms with Gasteiger partial charge in [0.1, 0.15) is 10.8 Å². The fraction of sp³-hybridized carbons (Fsp3) is 0.333. The fourth-order valence-electron chi connectivity index (χ4n) is 2.76. The summed E-state index contributed by atoms with van der Waals surface area (Å²) >= 11 is 6.10. The molecule has 110 valence electrons. The number of nitrogens with zero attached hydrogens (tertiary/aromatic N) is 2. The Morgan fingerprint density at radius 1 is 1.48 bits per heavy atom. The minimum Gasteiger partial charge on any atom is -0.496 e. The van der Waals surface area contributed by atoms with Crippen LogP contribution in [0.15, 0.2) is 29.2 Å². The highest BCUT2D eigenvalue weighted by molar-refractivity contribution is 6.32. The highest BCUT2D eigenvalue weighted by atomic mass is 35.5. The Kier molecular flexibility index (Phi) is 3.59. The van der Waals surface area contributed by atoms with Crippen molar-refractivity contribution in [3.63, 3.8) is 0 Å². The maximum absolute atomic E-state index is 11.8. The number of hydrogen-bond acceptors (Lipinski definition) is 4. The van der Waals surface area contributed by atoms with E-state index >= 15 is 0 Å². The van der Waals surface area contributed by atoms with Crippen LogP contribution in [0.2, 0.25) is 5.02 Å². The molecule has 0 bridgehead atoms. The summed E-state index contributed by atoms with van der Waals surface area (Å²) in [5, 5.41) is 7.50. The quantitative estimate of drug-likeness (QED) is 0.947. The molecule has 0 fully saturated rings. The zero-order chi connectivity index (χ0) is 15.0. The van der Waals surface area contributed by atoms with Crippen LogP contribution in [0, 0.1) is 0 Å². The van der Waals surface area contributed by atoms with Crippen molar-refractivity contribution in [1.82, 2.24) is 9.78 Å². The number of hydrogen-bond donors (Lipinski definition) is 1. The lowest BCUT2D eigenvalue weighted by molar-refractivity contribution is 0.410. The van der Waals surface area contributed by atoms with E-state index < -0.39 is 0 Å². The van der Waals surface area contributed by atoms with Gasteiger partial charge in [0.25, 0.3) is 5.56 Å². The number of benzene rings is 1. The van der Waals surface area contributed by atoms with Crippen molar-refractivity contribution in [2.24, 2.45) is 7.05 Å². The normalized spacial score (nSPS) is 16.6. The van der Waals surface area contributed by atoms with Crippen molar-refractivity contribution in [1.29, 1.82) is 0 Å². The number of aryl methyl sites for hydroxylation is 1. The van der Waals surface area contributed by atoms with Crippen molar-refractivity contribution in [2.45, 2.75) is 18.9 Å². The van der Waals surface area contributed by atoms with Crippen molar-refractivity contribution < 1.29 is 4.74 Å². The highest BCUT2D eigenvalue weighted by Gasteiger charge is 2.25. The predicted molar refractivity (Wildman–Crippen MR) is 82.2 cm³/mol. The number of ether oxygens (including phenoxy) is 1. The molecule has 2 aromatic rings. The summed E-state index contributed by atoms with van der Waals surface area (Å²) in [4.78, 5) is 11.8. The summed E-state index contributed by atoms with van der Waals surface area (Å²) < 4.78 is 6.62. The van der Waals surface area contributed by atoms with Crippen LogP contribution in [0.5, 0.6) is 5.75 Å². The first kappa shape index (κ1) is 13.9. The lowest BCUT2D eigenvalue weighted by atomic mass is 10.1. The summed E-state index contributed by atoms with van der Waals surface area (Å²) in [6.45, 7) is 0. The van der Waals surface area contributed by atoms with Gasteiger partial charge < -0.3 is 10.1 Å². The number of halogens is 1. The van der Waals surface area contributed by atoms with Gasteiger partial charge in [-0.3, -0.25) is 4.79 Å². The van der Waals surface area contributed by atoms with Crippen LogP contribution in [-0.2, 0) is 13.5 Å². The van der Waals surface area contributed by atoms with E-state index in [-0.39, 0.29) is 16.6 Å². The van der Waals surface area contributed by atoms with E-state index in [0.29, 0.717) is 5.69 Å². The number of methoxy groups -OCH3 is 1. The number of aromatic nitrogens is 2. The molecule has 1 aromatic heterocycles. The molecular formula is C15H16ClN3O2. The summed E-state index contributed by atoms with van der Waals surface area (Å²) in [6.07, 6.45) is 3.45. The van der Waals surface area contributed by atoms with Gasteiger partial charge in [0, 0.05) is 7.05 Å². The topological polar surface area (TPSA) is 56.1 Å². The third kappa shape index (κ3) is 2.38. The largest absolute Gasteiger partial charge is 0.496 e. The first-order valence-corrected chi connectivity index (χ1v) is 7.13. The van der Waals surface area contributed by atoms with Crippen molar-refractivity contribution in [2.75, 3.05) is 12.4 Å². The molecule has 1 unspecified atom stereocenters. The maximum Gasteiger partial charge on any atom is 0.287 e. The number of fused-ring (bicyclic) bond motifs is 1. The molecule has 3 rings (SSSR count). The average Bonchev–Trinajstić information content (AvgIpc) is 2.91. The molecule has 0 spiro atoms. The Morgan fingerprint density at radius 2 is 2.29 bits per heavy atom. The van der Waals surface area contributed by atoms with E-state index in [0.717, 1.165) is 18.6 Å². The molecule has 0 aliphatic heterocycles. The van der Waals surface area contributed by atoms with Crippen LogP contribution in [0.25, 0.3) is 0 Å². The monoisotopic (exact) mass is 305 g/mol. The Balaban J connectivity index is 1.93. The van der Waals surface area contributed by atoms with Crippen molar-refractivity contribution in [3.05, 3.63) is 50.9 Å². The first-order chi connectivity index (χ1) is 10.1. The molecule has 0 amide bonds.